The van der Waals surface area contributed by atoms with Crippen molar-refractivity contribution in [3.05, 3.63) is 23.8 Å². The third-order valence-corrected chi connectivity index (χ3v) is 4.97. The maximum atomic E-state index is 12.2. The molecule has 7 nitrogen and oxygen atoms in total. The summed E-state index contributed by atoms with van der Waals surface area (Å²) in [6.45, 7) is 2.78. The number of aliphatic carboxylic acids is 1. The highest BCUT2D eigenvalue weighted by Crippen LogP contribution is 2.32. The molecule has 2 rings (SSSR count). The number of benzene rings is 1. The van der Waals surface area contributed by atoms with Crippen LogP contribution in [0.2, 0.25) is 0 Å². The second kappa shape index (κ2) is 12.1. The van der Waals surface area contributed by atoms with Crippen LogP contribution in [0.25, 0.3) is 0 Å². The number of fused-ring (bicyclic) bond motifs is 1. The van der Waals surface area contributed by atoms with Gasteiger partial charge in [0.15, 0.2) is 5.75 Å². The van der Waals surface area contributed by atoms with E-state index >= 15 is 0 Å². The van der Waals surface area contributed by atoms with Gasteiger partial charge in [-0.3, -0.25) is 9.59 Å². The van der Waals surface area contributed by atoms with Crippen molar-refractivity contribution < 1.29 is 24.2 Å². The van der Waals surface area contributed by atoms with Gasteiger partial charge in [-0.25, -0.2) is 4.79 Å². The number of esters is 1. The molecule has 1 aromatic rings. The number of hydrogen-bond acceptors (Lipinski definition) is 5. The first kappa shape index (κ1) is 22.7. The number of anilines is 1. The highest BCUT2D eigenvalue weighted by Gasteiger charge is 2.25. The van der Waals surface area contributed by atoms with Crippen LogP contribution in [-0.4, -0.2) is 42.6 Å². The van der Waals surface area contributed by atoms with E-state index in [1.54, 1.807) is 4.90 Å². The zero-order valence-electron chi connectivity index (χ0n) is 17.2. The second-order valence-electron chi connectivity index (χ2n) is 7.62. The quantitative estimate of drug-likeness (QED) is 0.297. The Morgan fingerprint density at radius 3 is 2.41 bits per heavy atom. The fourth-order valence-electron chi connectivity index (χ4n) is 3.42. The van der Waals surface area contributed by atoms with Crippen LogP contribution in [0.3, 0.4) is 0 Å². The van der Waals surface area contributed by atoms with Gasteiger partial charge in [0.25, 0.3) is 0 Å². The average Bonchev–Trinajstić information content (AvgIpc) is 2.65. The highest BCUT2D eigenvalue weighted by atomic mass is 16.5. The Morgan fingerprint density at radius 2 is 1.72 bits per heavy atom. The number of amides is 1. The largest absolute Gasteiger partial charge is 0.481 e. The van der Waals surface area contributed by atoms with Gasteiger partial charge in [-0.05, 0) is 37.5 Å². The predicted octanol–water partition coefficient (Wildman–Crippen LogP) is 3.43. The standard InChI is InChI=1S/C22H32N2O5/c1-17-11-12-18-19(14-17)29-22(28)16-24(18)15-20(25)23-13-9-7-5-3-2-4-6-8-10-21(26)27/h11-12,14H,2-10,13,15-16H2,1H3,(H,23,25)(H,26,27). The van der Waals surface area contributed by atoms with Crippen molar-refractivity contribution in [2.45, 2.75) is 64.7 Å². The van der Waals surface area contributed by atoms with Gasteiger partial charge in [0, 0.05) is 13.0 Å². The summed E-state index contributed by atoms with van der Waals surface area (Å²) in [5, 5.41) is 11.5. The molecule has 0 bridgehead atoms. The van der Waals surface area contributed by atoms with Crippen LogP contribution < -0.4 is 15.0 Å². The number of carbonyl (C=O) groups is 3. The fraction of sp³-hybridized carbons (Fsp3) is 0.591. The van der Waals surface area contributed by atoms with E-state index in [-0.39, 0.29) is 31.4 Å². The van der Waals surface area contributed by atoms with Gasteiger partial charge >= 0.3 is 11.9 Å². The number of carbonyl (C=O) groups excluding carboxylic acids is 2. The molecule has 0 unspecified atom stereocenters. The third-order valence-electron chi connectivity index (χ3n) is 4.97. The van der Waals surface area contributed by atoms with Gasteiger partial charge in [0.05, 0.1) is 12.2 Å². The molecule has 1 heterocycles. The van der Waals surface area contributed by atoms with Crippen LogP contribution in [0.5, 0.6) is 5.75 Å². The van der Waals surface area contributed by atoms with Crippen molar-refractivity contribution >= 4 is 23.5 Å². The second-order valence-corrected chi connectivity index (χ2v) is 7.62. The molecule has 0 fully saturated rings. The van der Waals surface area contributed by atoms with Gasteiger partial charge in [-0.15, -0.1) is 0 Å². The molecule has 160 valence electrons. The summed E-state index contributed by atoms with van der Waals surface area (Å²) in [6, 6.07) is 5.63. The lowest BCUT2D eigenvalue weighted by Gasteiger charge is -2.29. The lowest BCUT2D eigenvalue weighted by molar-refractivity contribution is -0.137. The third kappa shape index (κ3) is 8.54. The van der Waals surface area contributed by atoms with Gasteiger partial charge in [-0.1, -0.05) is 44.6 Å². The van der Waals surface area contributed by atoms with Crippen molar-refractivity contribution in [2.24, 2.45) is 0 Å². The van der Waals surface area contributed by atoms with Crippen LogP contribution in [0, 0.1) is 6.92 Å². The van der Waals surface area contributed by atoms with E-state index in [9.17, 15) is 14.4 Å². The van der Waals surface area contributed by atoms with Crippen LogP contribution >= 0.6 is 0 Å². The first-order valence-corrected chi connectivity index (χ1v) is 10.5. The molecule has 2 N–H and O–H groups in total. The number of nitrogens with one attached hydrogen (secondary N) is 1. The van der Waals surface area contributed by atoms with E-state index in [1.165, 1.54) is 0 Å². The molecule has 0 radical (unpaired) electrons. The summed E-state index contributed by atoms with van der Waals surface area (Å²) in [5.74, 6) is -0.646. The minimum atomic E-state index is -0.716. The lowest BCUT2D eigenvalue weighted by Crippen LogP contribution is -2.43. The smallest absolute Gasteiger partial charge is 0.331 e. The molecule has 1 amide bonds. The summed E-state index contributed by atoms with van der Waals surface area (Å²) in [7, 11) is 0. The average molecular weight is 405 g/mol. The molecule has 0 atom stereocenters. The van der Waals surface area contributed by atoms with Crippen LogP contribution in [0.1, 0.15) is 63.4 Å². The van der Waals surface area contributed by atoms with Gasteiger partial charge in [0.2, 0.25) is 5.91 Å². The lowest BCUT2D eigenvalue weighted by atomic mass is 10.1. The van der Waals surface area contributed by atoms with Crippen molar-refractivity contribution in [3.63, 3.8) is 0 Å². The molecule has 1 aromatic carbocycles. The maximum absolute atomic E-state index is 12.2. The summed E-state index contributed by atoms with van der Waals surface area (Å²) >= 11 is 0. The summed E-state index contributed by atoms with van der Waals surface area (Å²) < 4.78 is 5.26. The van der Waals surface area contributed by atoms with E-state index in [0.717, 1.165) is 62.6 Å². The molecule has 0 aliphatic carbocycles. The van der Waals surface area contributed by atoms with Crippen LogP contribution in [-0.2, 0) is 14.4 Å². The highest BCUT2D eigenvalue weighted by molar-refractivity contribution is 5.89. The summed E-state index contributed by atoms with van der Waals surface area (Å²) in [5.41, 5.74) is 1.77. The number of aryl methyl sites for hydroxylation is 1. The van der Waals surface area contributed by atoms with E-state index in [1.807, 2.05) is 25.1 Å². The number of unbranched alkanes of at least 4 members (excludes halogenated alkanes) is 7. The van der Waals surface area contributed by atoms with Gasteiger partial charge in [-0.2, -0.15) is 0 Å². The molecule has 0 spiro atoms. The van der Waals surface area contributed by atoms with Crippen LogP contribution in [0.15, 0.2) is 18.2 Å². The summed E-state index contributed by atoms with van der Waals surface area (Å²) in [4.78, 5) is 36.2. The zero-order chi connectivity index (χ0) is 21.1. The zero-order valence-corrected chi connectivity index (χ0v) is 17.2. The van der Waals surface area contributed by atoms with Crippen molar-refractivity contribution in [1.82, 2.24) is 5.32 Å². The fourth-order valence-corrected chi connectivity index (χ4v) is 3.42. The normalized spacial score (nSPS) is 13.0. The topological polar surface area (TPSA) is 95.9 Å². The molecule has 29 heavy (non-hydrogen) atoms. The van der Waals surface area contributed by atoms with E-state index in [0.29, 0.717) is 12.3 Å². The Morgan fingerprint density at radius 1 is 1.07 bits per heavy atom. The number of rotatable bonds is 13. The maximum Gasteiger partial charge on any atom is 0.331 e. The monoisotopic (exact) mass is 404 g/mol. The Hall–Kier alpha value is -2.57. The Kier molecular flexibility index (Phi) is 9.47. The number of ether oxygens (including phenoxy) is 1. The number of carboxylic acids is 1. The Balaban J connectivity index is 1.56. The minimum absolute atomic E-state index is 0.0793. The van der Waals surface area contributed by atoms with Crippen molar-refractivity contribution in [2.75, 3.05) is 24.5 Å². The molecule has 0 aromatic heterocycles. The number of hydrogen-bond donors (Lipinski definition) is 2. The number of carboxylic acid groups (broad SMARTS) is 1. The van der Waals surface area contributed by atoms with Gasteiger partial charge < -0.3 is 20.1 Å². The first-order chi connectivity index (χ1) is 14.0. The van der Waals surface area contributed by atoms with Crippen LogP contribution in [0.4, 0.5) is 5.69 Å². The van der Waals surface area contributed by atoms with Crippen molar-refractivity contribution in [1.29, 1.82) is 0 Å². The number of nitrogens with zero attached hydrogens (tertiary/aromatic N) is 1. The Labute approximate surface area is 172 Å². The SMILES string of the molecule is Cc1ccc2c(c1)OC(=O)CN2CC(=O)NCCCCCCCCCCC(=O)O. The Bertz CT molecular complexity index is 704. The van der Waals surface area contributed by atoms with Crippen molar-refractivity contribution in [3.8, 4) is 5.75 Å². The molecule has 0 saturated heterocycles. The minimum Gasteiger partial charge on any atom is -0.481 e. The van der Waals surface area contributed by atoms with E-state index in [4.69, 9.17) is 9.84 Å². The first-order valence-electron chi connectivity index (χ1n) is 10.5. The predicted molar refractivity (Wildman–Crippen MR) is 111 cm³/mol. The molecular weight excluding hydrogens is 372 g/mol. The van der Waals surface area contributed by atoms with Gasteiger partial charge in [0.1, 0.15) is 6.54 Å². The molecular formula is C22H32N2O5. The summed E-state index contributed by atoms with van der Waals surface area (Å²) in [6.07, 6.45) is 8.50. The molecule has 1 aliphatic rings. The van der Waals surface area contributed by atoms with E-state index < -0.39 is 5.97 Å². The molecule has 1 aliphatic heterocycles. The molecule has 0 saturated carbocycles. The molecule has 7 heteroatoms. The van der Waals surface area contributed by atoms with E-state index in [2.05, 4.69) is 5.32 Å².